The van der Waals surface area contributed by atoms with Gasteiger partial charge in [-0.2, -0.15) is 0 Å². The first kappa shape index (κ1) is 11.5. The largest absolute Gasteiger partial charge is 0.378 e. The van der Waals surface area contributed by atoms with Gasteiger partial charge in [-0.25, -0.2) is 14.3 Å². The third kappa shape index (κ3) is 2.40. The van der Waals surface area contributed by atoms with Crippen molar-refractivity contribution >= 4 is 45.9 Å². The van der Waals surface area contributed by atoms with Crippen LogP contribution in [0.3, 0.4) is 0 Å². The standard InChI is InChI=1S/C5H6IN9O2/c6-1-15(5-3(8)11-17-13-5)14-9-4-2(7)10-16-12-4/h1H2,(H2,7,10)(H2,8,11). The molecule has 0 amide bonds. The number of anilines is 3. The average Bonchev–Trinajstić information content (AvgIpc) is 2.90. The molecule has 0 aliphatic heterocycles. The molecule has 12 heteroatoms. The highest BCUT2D eigenvalue weighted by Gasteiger charge is 2.14. The van der Waals surface area contributed by atoms with Crippen LogP contribution in [0.1, 0.15) is 0 Å². The SMILES string of the molecule is Nc1nonc1N=NN(CI)c1nonc1N. The summed E-state index contributed by atoms with van der Waals surface area (Å²) in [6.45, 7) is 0. The lowest BCUT2D eigenvalue weighted by Gasteiger charge is -2.08. The molecule has 11 nitrogen and oxygen atoms in total. The van der Waals surface area contributed by atoms with Crippen LogP contribution < -0.4 is 16.5 Å². The lowest BCUT2D eigenvalue weighted by atomic mass is 10.6. The molecule has 0 spiro atoms. The molecule has 17 heavy (non-hydrogen) atoms. The van der Waals surface area contributed by atoms with Gasteiger partial charge in [0.25, 0.3) is 5.82 Å². The summed E-state index contributed by atoms with van der Waals surface area (Å²) in [7, 11) is 0. The van der Waals surface area contributed by atoms with Gasteiger partial charge in [0.05, 0.1) is 4.55 Å². The molecule has 0 radical (unpaired) electrons. The van der Waals surface area contributed by atoms with E-state index in [4.69, 9.17) is 11.5 Å². The minimum absolute atomic E-state index is 0.0356. The molecule has 0 saturated heterocycles. The van der Waals surface area contributed by atoms with Crippen molar-refractivity contribution < 1.29 is 9.26 Å². The van der Waals surface area contributed by atoms with Gasteiger partial charge >= 0.3 is 0 Å². The Morgan fingerprint density at radius 2 is 1.82 bits per heavy atom. The Morgan fingerprint density at radius 1 is 1.12 bits per heavy atom. The minimum Gasteiger partial charge on any atom is -0.378 e. The zero-order valence-corrected chi connectivity index (χ0v) is 10.3. The highest BCUT2D eigenvalue weighted by atomic mass is 127. The quantitative estimate of drug-likeness (QED) is 0.263. The Kier molecular flexibility index (Phi) is 3.31. The molecule has 0 unspecified atom stereocenters. The summed E-state index contributed by atoms with van der Waals surface area (Å²) in [5, 5.41) is 22.7. The summed E-state index contributed by atoms with van der Waals surface area (Å²) in [6, 6.07) is 0. The van der Waals surface area contributed by atoms with E-state index < -0.39 is 0 Å². The molecule has 0 aromatic carbocycles. The number of nitrogens with two attached hydrogens (primary N) is 2. The number of halogens is 1. The van der Waals surface area contributed by atoms with E-state index >= 15 is 0 Å². The van der Waals surface area contributed by atoms with Crippen LogP contribution in [0.2, 0.25) is 0 Å². The zero-order valence-electron chi connectivity index (χ0n) is 8.19. The van der Waals surface area contributed by atoms with Gasteiger partial charge in [0.1, 0.15) is 0 Å². The lowest BCUT2D eigenvalue weighted by molar-refractivity contribution is 0.309. The van der Waals surface area contributed by atoms with E-state index in [2.05, 4.69) is 40.2 Å². The molecule has 0 aliphatic carbocycles. The number of hydrogen-bond donors (Lipinski definition) is 2. The normalized spacial score (nSPS) is 11.1. The Morgan fingerprint density at radius 3 is 2.35 bits per heavy atom. The Labute approximate surface area is 107 Å². The molecule has 2 aromatic heterocycles. The predicted octanol–water partition coefficient (Wildman–Crippen LogP) is 0.515. The van der Waals surface area contributed by atoms with E-state index in [1.807, 2.05) is 22.6 Å². The summed E-state index contributed by atoms with van der Waals surface area (Å²) >= 11 is 2.03. The fourth-order valence-electron chi connectivity index (χ4n) is 0.849. The van der Waals surface area contributed by atoms with Crippen molar-refractivity contribution in [2.45, 2.75) is 0 Å². The maximum Gasteiger partial charge on any atom is 0.263 e. The molecular weight excluding hydrogens is 345 g/mol. The fourth-order valence-corrected chi connectivity index (χ4v) is 1.31. The molecule has 2 aromatic rings. The lowest BCUT2D eigenvalue weighted by Crippen LogP contribution is -2.14. The second kappa shape index (κ2) is 4.89. The first-order valence-electron chi connectivity index (χ1n) is 4.13. The van der Waals surface area contributed by atoms with Gasteiger partial charge in [-0.1, -0.05) is 27.8 Å². The second-order valence-electron chi connectivity index (χ2n) is 2.65. The van der Waals surface area contributed by atoms with Gasteiger partial charge in [0.15, 0.2) is 0 Å². The Balaban J connectivity index is 2.19. The number of hydrogen-bond acceptors (Lipinski definition) is 10. The Bertz CT molecular complexity index is 521. The van der Waals surface area contributed by atoms with Crippen LogP contribution in [-0.2, 0) is 0 Å². The first-order chi connectivity index (χ1) is 8.22. The highest BCUT2D eigenvalue weighted by molar-refractivity contribution is 14.1. The average molecular weight is 351 g/mol. The van der Waals surface area contributed by atoms with Crippen LogP contribution in [0.5, 0.6) is 0 Å². The number of nitrogen functional groups attached to an aromatic ring is 2. The van der Waals surface area contributed by atoms with E-state index in [-0.39, 0.29) is 23.3 Å². The van der Waals surface area contributed by atoms with Gasteiger partial charge in [0, 0.05) is 0 Å². The van der Waals surface area contributed by atoms with Crippen molar-refractivity contribution in [3.05, 3.63) is 0 Å². The molecule has 0 atom stereocenters. The van der Waals surface area contributed by atoms with Gasteiger partial charge in [-0.05, 0) is 20.6 Å². The van der Waals surface area contributed by atoms with Crippen molar-refractivity contribution in [1.82, 2.24) is 20.6 Å². The number of alkyl halides is 1. The Hall–Kier alpha value is -1.99. The fraction of sp³-hybridized carbons (Fsp3) is 0.200. The van der Waals surface area contributed by atoms with Crippen LogP contribution in [-0.4, -0.2) is 25.2 Å². The minimum atomic E-state index is 0.0356. The maximum atomic E-state index is 5.51. The van der Waals surface area contributed by atoms with E-state index in [1.165, 1.54) is 5.01 Å². The van der Waals surface area contributed by atoms with Gasteiger partial charge < -0.3 is 11.5 Å². The summed E-state index contributed by atoms with van der Waals surface area (Å²) in [6.07, 6.45) is 0. The van der Waals surface area contributed by atoms with Crippen molar-refractivity contribution in [3.63, 3.8) is 0 Å². The molecule has 0 bridgehead atoms. The highest BCUT2D eigenvalue weighted by Crippen LogP contribution is 2.22. The summed E-state index contributed by atoms with van der Waals surface area (Å²) in [4.78, 5) is 0. The topological polar surface area (TPSA) is 158 Å². The second-order valence-corrected chi connectivity index (χ2v) is 3.34. The molecule has 0 fully saturated rings. The van der Waals surface area contributed by atoms with Gasteiger partial charge in [0.2, 0.25) is 17.5 Å². The summed E-state index contributed by atoms with van der Waals surface area (Å²) < 4.78 is 9.22. The predicted molar refractivity (Wildman–Crippen MR) is 63.3 cm³/mol. The zero-order chi connectivity index (χ0) is 12.3. The van der Waals surface area contributed by atoms with E-state index in [9.17, 15) is 0 Å². The third-order valence-corrected chi connectivity index (χ3v) is 2.24. The van der Waals surface area contributed by atoms with Crippen molar-refractivity contribution in [1.29, 1.82) is 0 Å². The van der Waals surface area contributed by atoms with Crippen molar-refractivity contribution in [3.8, 4) is 0 Å². The summed E-state index contributed by atoms with van der Waals surface area (Å²) in [5.41, 5.74) is 10.9. The van der Waals surface area contributed by atoms with E-state index in [0.717, 1.165) is 0 Å². The molecular formula is C5H6IN9O2. The third-order valence-electron chi connectivity index (χ3n) is 1.60. The van der Waals surface area contributed by atoms with Crippen molar-refractivity contribution in [2.24, 2.45) is 10.3 Å². The smallest absolute Gasteiger partial charge is 0.263 e. The molecule has 0 saturated carbocycles. The van der Waals surface area contributed by atoms with Crippen LogP contribution in [0.15, 0.2) is 19.6 Å². The molecule has 90 valence electrons. The van der Waals surface area contributed by atoms with E-state index in [1.54, 1.807) is 0 Å². The molecule has 2 heterocycles. The first-order valence-corrected chi connectivity index (χ1v) is 5.66. The molecule has 4 N–H and O–H groups in total. The molecule has 0 aliphatic rings. The number of aromatic nitrogens is 4. The maximum absolute atomic E-state index is 5.51. The van der Waals surface area contributed by atoms with Gasteiger partial charge in [-0.3, -0.25) is 0 Å². The summed E-state index contributed by atoms with van der Waals surface area (Å²) in [5.74, 6) is 0.452. The van der Waals surface area contributed by atoms with E-state index in [0.29, 0.717) is 4.55 Å². The van der Waals surface area contributed by atoms with Crippen LogP contribution >= 0.6 is 22.6 Å². The number of nitrogens with zero attached hydrogens (tertiary/aromatic N) is 7. The van der Waals surface area contributed by atoms with Crippen LogP contribution in [0, 0.1) is 0 Å². The van der Waals surface area contributed by atoms with Crippen LogP contribution in [0.25, 0.3) is 0 Å². The van der Waals surface area contributed by atoms with Crippen molar-refractivity contribution in [2.75, 3.05) is 21.0 Å². The monoisotopic (exact) mass is 351 g/mol. The van der Waals surface area contributed by atoms with Gasteiger partial charge in [-0.15, -0.1) is 5.11 Å². The number of rotatable bonds is 4. The molecule has 2 rings (SSSR count). The van der Waals surface area contributed by atoms with Crippen LogP contribution in [0.4, 0.5) is 23.3 Å².